The standard InChI is InChI=1S/C14H16N4OS2/c1-3-8-15-13(20)16-14-18-17-12(21-14)9-19-11-6-4-10(2)5-7-11/h3-7H,1,8-9H2,2H3,(H2,15,16,18,20). The lowest BCUT2D eigenvalue weighted by atomic mass is 10.2. The highest BCUT2D eigenvalue weighted by Crippen LogP contribution is 2.18. The van der Waals surface area contributed by atoms with Gasteiger partial charge in [-0.25, -0.2) is 0 Å². The lowest BCUT2D eigenvalue weighted by Crippen LogP contribution is -2.28. The minimum atomic E-state index is 0.384. The third-order valence-corrected chi connectivity index (χ3v) is 3.54. The summed E-state index contributed by atoms with van der Waals surface area (Å²) in [5.41, 5.74) is 1.20. The summed E-state index contributed by atoms with van der Waals surface area (Å²) in [4.78, 5) is 0. The van der Waals surface area contributed by atoms with Gasteiger partial charge in [0.15, 0.2) is 10.1 Å². The molecule has 0 fully saturated rings. The molecule has 1 aromatic heterocycles. The van der Waals surface area contributed by atoms with Gasteiger partial charge in [0.1, 0.15) is 12.4 Å². The number of nitrogens with one attached hydrogen (secondary N) is 2. The molecule has 0 aliphatic carbocycles. The Kier molecular flexibility index (Phi) is 5.65. The average Bonchev–Trinajstić information content (AvgIpc) is 2.92. The highest BCUT2D eigenvalue weighted by Gasteiger charge is 2.06. The van der Waals surface area contributed by atoms with Crippen LogP contribution in [0.4, 0.5) is 5.13 Å². The molecule has 1 heterocycles. The average molecular weight is 320 g/mol. The second kappa shape index (κ2) is 7.70. The molecule has 0 atom stereocenters. The summed E-state index contributed by atoms with van der Waals surface area (Å²) in [5, 5.41) is 15.9. The summed E-state index contributed by atoms with van der Waals surface area (Å²) in [6.45, 7) is 6.64. The van der Waals surface area contributed by atoms with Gasteiger partial charge in [-0.1, -0.05) is 35.1 Å². The number of rotatable bonds is 6. The van der Waals surface area contributed by atoms with Crippen molar-refractivity contribution in [3.05, 3.63) is 47.5 Å². The van der Waals surface area contributed by atoms with Crippen LogP contribution in [0.5, 0.6) is 5.75 Å². The largest absolute Gasteiger partial charge is 0.486 e. The summed E-state index contributed by atoms with van der Waals surface area (Å²) < 4.78 is 5.65. The van der Waals surface area contributed by atoms with E-state index in [2.05, 4.69) is 27.4 Å². The molecule has 0 radical (unpaired) electrons. The van der Waals surface area contributed by atoms with Crippen molar-refractivity contribution < 1.29 is 4.74 Å². The first-order valence-corrected chi connectivity index (χ1v) is 7.57. The van der Waals surface area contributed by atoms with E-state index < -0.39 is 0 Å². The van der Waals surface area contributed by atoms with Gasteiger partial charge in [-0.15, -0.1) is 16.8 Å². The first-order chi connectivity index (χ1) is 10.2. The zero-order valence-corrected chi connectivity index (χ0v) is 13.3. The van der Waals surface area contributed by atoms with Crippen molar-refractivity contribution in [2.75, 3.05) is 11.9 Å². The molecule has 1 aromatic carbocycles. The zero-order chi connectivity index (χ0) is 15.1. The van der Waals surface area contributed by atoms with Gasteiger partial charge < -0.3 is 15.4 Å². The zero-order valence-electron chi connectivity index (χ0n) is 11.6. The highest BCUT2D eigenvalue weighted by atomic mass is 32.1. The van der Waals surface area contributed by atoms with Crippen LogP contribution in [0, 0.1) is 6.92 Å². The van der Waals surface area contributed by atoms with Crippen molar-refractivity contribution >= 4 is 33.8 Å². The van der Waals surface area contributed by atoms with E-state index in [1.54, 1.807) is 6.08 Å². The fourth-order valence-electron chi connectivity index (χ4n) is 1.45. The molecule has 7 heteroatoms. The van der Waals surface area contributed by atoms with Gasteiger partial charge >= 0.3 is 0 Å². The van der Waals surface area contributed by atoms with Crippen molar-refractivity contribution in [3.8, 4) is 5.75 Å². The van der Waals surface area contributed by atoms with Crippen molar-refractivity contribution in [1.82, 2.24) is 15.5 Å². The SMILES string of the molecule is C=CCNC(=S)Nc1nnc(COc2ccc(C)cc2)s1. The van der Waals surface area contributed by atoms with E-state index in [9.17, 15) is 0 Å². The second-order valence-corrected chi connectivity index (χ2v) is 5.70. The molecule has 0 aliphatic rings. The summed E-state index contributed by atoms with van der Waals surface area (Å²) in [6, 6.07) is 7.88. The molecule has 0 spiro atoms. The minimum Gasteiger partial charge on any atom is -0.486 e. The molecule has 2 N–H and O–H groups in total. The Morgan fingerprint density at radius 2 is 2.14 bits per heavy atom. The maximum Gasteiger partial charge on any atom is 0.211 e. The monoisotopic (exact) mass is 320 g/mol. The smallest absolute Gasteiger partial charge is 0.211 e. The van der Waals surface area contributed by atoms with Crippen LogP contribution in [-0.4, -0.2) is 21.9 Å². The predicted molar refractivity (Wildman–Crippen MR) is 89.8 cm³/mol. The number of hydrogen-bond acceptors (Lipinski definition) is 5. The first-order valence-electron chi connectivity index (χ1n) is 6.35. The van der Waals surface area contributed by atoms with Crippen LogP contribution < -0.4 is 15.4 Å². The number of hydrogen-bond donors (Lipinski definition) is 2. The third-order valence-electron chi connectivity index (χ3n) is 2.48. The maximum absolute atomic E-state index is 5.65. The molecule has 0 saturated carbocycles. The Labute approximate surface area is 133 Å². The lowest BCUT2D eigenvalue weighted by Gasteiger charge is -2.04. The van der Waals surface area contributed by atoms with E-state index in [0.717, 1.165) is 10.8 Å². The number of ether oxygens (including phenoxy) is 1. The van der Waals surface area contributed by atoms with Gasteiger partial charge in [0, 0.05) is 6.54 Å². The number of anilines is 1. The topological polar surface area (TPSA) is 59.1 Å². The summed E-state index contributed by atoms with van der Waals surface area (Å²) >= 11 is 6.51. The summed E-state index contributed by atoms with van der Waals surface area (Å²) in [5.74, 6) is 0.813. The molecule has 110 valence electrons. The Bertz CT molecular complexity index is 610. The van der Waals surface area contributed by atoms with Crippen LogP contribution in [0.1, 0.15) is 10.6 Å². The second-order valence-electron chi connectivity index (χ2n) is 4.23. The van der Waals surface area contributed by atoms with Gasteiger partial charge in [0.2, 0.25) is 5.13 Å². The van der Waals surface area contributed by atoms with Crippen LogP contribution in [0.3, 0.4) is 0 Å². The summed E-state index contributed by atoms with van der Waals surface area (Å²) in [7, 11) is 0. The molecule has 21 heavy (non-hydrogen) atoms. The van der Waals surface area contributed by atoms with Gasteiger partial charge in [-0.3, -0.25) is 0 Å². The van der Waals surface area contributed by atoms with Crippen LogP contribution in [0.15, 0.2) is 36.9 Å². The molecular weight excluding hydrogens is 304 g/mol. The molecule has 0 bridgehead atoms. The molecule has 0 aliphatic heterocycles. The van der Waals surface area contributed by atoms with Crippen LogP contribution >= 0.6 is 23.6 Å². The molecule has 2 rings (SSSR count). The number of thiocarbonyl (C=S) groups is 1. The number of nitrogens with zero attached hydrogens (tertiary/aromatic N) is 2. The number of aromatic nitrogens is 2. The molecule has 0 saturated heterocycles. The minimum absolute atomic E-state index is 0.384. The van der Waals surface area contributed by atoms with Crippen molar-refractivity contribution in [2.24, 2.45) is 0 Å². The van der Waals surface area contributed by atoms with Crippen molar-refractivity contribution in [1.29, 1.82) is 0 Å². The highest BCUT2D eigenvalue weighted by molar-refractivity contribution is 7.80. The van der Waals surface area contributed by atoms with Gasteiger partial charge in [0.05, 0.1) is 0 Å². The Balaban J connectivity index is 1.84. The van der Waals surface area contributed by atoms with E-state index in [1.807, 2.05) is 31.2 Å². The van der Waals surface area contributed by atoms with E-state index in [-0.39, 0.29) is 0 Å². The molecule has 2 aromatic rings. The fraction of sp³-hybridized carbons (Fsp3) is 0.214. The van der Waals surface area contributed by atoms with Crippen LogP contribution in [0.25, 0.3) is 0 Å². The van der Waals surface area contributed by atoms with Gasteiger partial charge in [-0.2, -0.15) is 0 Å². The van der Waals surface area contributed by atoms with E-state index in [0.29, 0.717) is 23.4 Å². The van der Waals surface area contributed by atoms with Crippen LogP contribution in [-0.2, 0) is 6.61 Å². The summed E-state index contributed by atoms with van der Waals surface area (Å²) in [6.07, 6.45) is 1.73. The van der Waals surface area contributed by atoms with E-state index in [4.69, 9.17) is 17.0 Å². The maximum atomic E-state index is 5.65. The number of aryl methyl sites for hydroxylation is 1. The Morgan fingerprint density at radius 3 is 2.86 bits per heavy atom. The van der Waals surface area contributed by atoms with Gasteiger partial charge in [-0.05, 0) is 31.3 Å². The molecular formula is C14H16N4OS2. The van der Waals surface area contributed by atoms with E-state index in [1.165, 1.54) is 16.9 Å². The Morgan fingerprint density at radius 1 is 1.38 bits per heavy atom. The quantitative estimate of drug-likeness (QED) is 0.630. The predicted octanol–water partition coefficient (Wildman–Crippen LogP) is 2.90. The van der Waals surface area contributed by atoms with Crippen LogP contribution in [0.2, 0.25) is 0 Å². The van der Waals surface area contributed by atoms with Crippen molar-refractivity contribution in [2.45, 2.75) is 13.5 Å². The number of benzene rings is 1. The van der Waals surface area contributed by atoms with Crippen molar-refractivity contribution in [3.63, 3.8) is 0 Å². The normalized spacial score (nSPS) is 9.95. The Hall–Kier alpha value is -1.99. The lowest BCUT2D eigenvalue weighted by molar-refractivity contribution is 0.304. The molecule has 5 nitrogen and oxygen atoms in total. The first kappa shape index (κ1) is 15.4. The molecule has 0 amide bonds. The van der Waals surface area contributed by atoms with E-state index >= 15 is 0 Å². The molecule has 0 unspecified atom stereocenters. The third kappa shape index (κ3) is 5.13. The fourth-order valence-corrected chi connectivity index (χ4v) is 2.35. The van der Waals surface area contributed by atoms with Gasteiger partial charge in [0.25, 0.3) is 0 Å².